The Hall–Kier alpha value is -3.05. The molecule has 0 aliphatic rings. The molecule has 4 rings (SSSR count). The highest BCUT2D eigenvalue weighted by atomic mass is 32.1. The van der Waals surface area contributed by atoms with E-state index in [0.29, 0.717) is 4.88 Å². The van der Waals surface area contributed by atoms with E-state index in [2.05, 4.69) is 39.6 Å². The van der Waals surface area contributed by atoms with E-state index in [-0.39, 0.29) is 11.9 Å². The fourth-order valence-corrected chi connectivity index (χ4v) is 4.12. The molecule has 2 heterocycles. The zero-order valence-corrected chi connectivity index (χ0v) is 16.0. The lowest BCUT2D eigenvalue weighted by molar-refractivity contribution is 0.0943. The number of pyridine rings is 1. The van der Waals surface area contributed by atoms with Crippen molar-refractivity contribution in [3.63, 3.8) is 0 Å². The number of fused-ring (bicyclic) bond motifs is 1. The zero-order chi connectivity index (χ0) is 18.8. The van der Waals surface area contributed by atoms with Crippen molar-refractivity contribution in [3.8, 4) is 10.7 Å². The lowest BCUT2D eigenvalue weighted by Gasteiger charge is -2.16. The maximum atomic E-state index is 12.9. The predicted octanol–water partition coefficient (Wildman–Crippen LogP) is 5.16. The van der Waals surface area contributed by atoms with E-state index in [9.17, 15) is 4.79 Å². The standard InChI is InChI=1S/C22H19N3OS/c1-14(17-11-7-9-16-8-3-4-10-18(16)17)24-21(26)20-15(2)25-22(27-20)19-12-5-6-13-23-19/h3-14H,1-2H3,(H,24,26). The van der Waals surface area contributed by atoms with Crippen molar-refractivity contribution in [2.24, 2.45) is 0 Å². The largest absolute Gasteiger partial charge is 0.345 e. The summed E-state index contributed by atoms with van der Waals surface area (Å²) in [4.78, 5) is 22.3. The Morgan fingerprint density at radius 2 is 1.81 bits per heavy atom. The molecule has 0 aliphatic heterocycles. The average Bonchev–Trinajstić information content (AvgIpc) is 3.10. The minimum atomic E-state index is -0.108. The second-order valence-electron chi connectivity index (χ2n) is 6.41. The lowest BCUT2D eigenvalue weighted by atomic mass is 9.99. The highest BCUT2D eigenvalue weighted by molar-refractivity contribution is 7.17. The van der Waals surface area contributed by atoms with E-state index in [1.54, 1.807) is 6.20 Å². The number of thiazole rings is 1. The maximum Gasteiger partial charge on any atom is 0.263 e. The topological polar surface area (TPSA) is 54.9 Å². The minimum Gasteiger partial charge on any atom is -0.345 e. The van der Waals surface area contributed by atoms with Crippen LogP contribution in [0.1, 0.15) is 33.9 Å². The first-order valence-corrected chi connectivity index (χ1v) is 9.62. The summed E-state index contributed by atoms with van der Waals surface area (Å²) in [5.41, 5.74) is 2.61. The van der Waals surface area contributed by atoms with Gasteiger partial charge in [0.25, 0.3) is 5.91 Å². The molecule has 1 atom stereocenters. The van der Waals surface area contributed by atoms with Crippen molar-refractivity contribution in [2.45, 2.75) is 19.9 Å². The highest BCUT2D eigenvalue weighted by Crippen LogP contribution is 2.28. The van der Waals surface area contributed by atoms with Gasteiger partial charge in [-0.2, -0.15) is 0 Å². The van der Waals surface area contributed by atoms with Crippen LogP contribution in [0.2, 0.25) is 0 Å². The van der Waals surface area contributed by atoms with Gasteiger partial charge in [-0.15, -0.1) is 11.3 Å². The maximum absolute atomic E-state index is 12.9. The van der Waals surface area contributed by atoms with Crippen LogP contribution < -0.4 is 5.32 Å². The van der Waals surface area contributed by atoms with Crippen LogP contribution in [0.5, 0.6) is 0 Å². The molecule has 1 unspecified atom stereocenters. The quantitative estimate of drug-likeness (QED) is 0.538. The van der Waals surface area contributed by atoms with Gasteiger partial charge in [0, 0.05) is 6.20 Å². The van der Waals surface area contributed by atoms with Gasteiger partial charge in [0.15, 0.2) is 0 Å². The molecule has 0 radical (unpaired) electrons. The third kappa shape index (κ3) is 3.46. The number of nitrogens with one attached hydrogen (secondary N) is 1. The van der Waals surface area contributed by atoms with Gasteiger partial charge in [-0.3, -0.25) is 9.78 Å². The Kier molecular flexibility index (Phi) is 4.69. The second kappa shape index (κ2) is 7.29. The molecular formula is C22H19N3OS. The molecule has 2 aromatic heterocycles. The molecule has 0 saturated heterocycles. The number of rotatable bonds is 4. The van der Waals surface area contributed by atoms with Crippen LogP contribution in [0.3, 0.4) is 0 Å². The fraction of sp³-hybridized carbons (Fsp3) is 0.136. The van der Waals surface area contributed by atoms with Gasteiger partial charge < -0.3 is 5.32 Å². The third-order valence-corrected chi connectivity index (χ3v) is 5.70. The van der Waals surface area contributed by atoms with Crippen LogP contribution in [0.25, 0.3) is 21.5 Å². The van der Waals surface area contributed by atoms with Crippen LogP contribution in [-0.2, 0) is 0 Å². The fourth-order valence-electron chi connectivity index (χ4n) is 3.17. The number of hydrogen-bond donors (Lipinski definition) is 1. The predicted molar refractivity (Wildman–Crippen MR) is 110 cm³/mol. The molecule has 27 heavy (non-hydrogen) atoms. The number of hydrogen-bond acceptors (Lipinski definition) is 4. The number of nitrogens with zero attached hydrogens (tertiary/aromatic N) is 2. The second-order valence-corrected chi connectivity index (χ2v) is 7.41. The molecule has 0 bridgehead atoms. The number of aromatic nitrogens is 2. The molecule has 2 aromatic carbocycles. The van der Waals surface area contributed by atoms with Crippen molar-refractivity contribution >= 4 is 28.0 Å². The highest BCUT2D eigenvalue weighted by Gasteiger charge is 2.19. The molecule has 4 aromatic rings. The van der Waals surface area contributed by atoms with Crippen LogP contribution >= 0.6 is 11.3 Å². The summed E-state index contributed by atoms with van der Waals surface area (Å²) >= 11 is 1.38. The summed E-state index contributed by atoms with van der Waals surface area (Å²) in [6.07, 6.45) is 1.73. The molecule has 0 spiro atoms. The molecule has 1 amide bonds. The molecule has 0 fully saturated rings. The third-order valence-electron chi connectivity index (χ3n) is 4.52. The van der Waals surface area contributed by atoms with Crippen molar-refractivity contribution < 1.29 is 4.79 Å². The summed E-state index contributed by atoms with van der Waals surface area (Å²) in [6.45, 7) is 3.87. The molecule has 1 N–H and O–H groups in total. The Bertz CT molecular complexity index is 1100. The van der Waals surface area contributed by atoms with E-state index >= 15 is 0 Å². The molecule has 4 nitrogen and oxygen atoms in total. The van der Waals surface area contributed by atoms with Crippen molar-refractivity contribution in [3.05, 3.63) is 83.0 Å². The van der Waals surface area contributed by atoms with Gasteiger partial charge in [-0.25, -0.2) is 4.98 Å². The summed E-state index contributed by atoms with van der Waals surface area (Å²) in [5, 5.41) is 6.21. The number of benzene rings is 2. The van der Waals surface area contributed by atoms with Gasteiger partial charge in [0.05, 0.1) is 17.4 Å². The van der Waals surface area contributed by atoms with E-state index in [4.69, 9.17) is 0 Å². The average molecular weight is 373 g/mol. The minimum absolute atomic E-state index is 0.104. The first-order valence-electron chi connectivity index (χ1n) is 8.81. The van der Waals surface area contributed by atoms with Crippen molar-refractivity contribution in [1.29, 1.82) is 0 Å². The Balaban J connectivity index is 1.60. The smallest absolute Gasteiger partial charge is 0.263 e. The first-order chi connectivity index (χ1) is 13.1. The van der Waals surface area contributed by atoms with Crippen LogP contribution in [0, 0.1) is 6.92 Å². The Morgan fingerprint density at radius 3 is 2.63 bits per heavy atom. The number of aryl methyl sites for hydroxylation is 1. The first kappa shape index (κ1) is 17.4. The molecule has 134 valence electrons. The van der Waals surface area contributed by atoms with E-state index in [1.807, 2.05) is 50.2 Å². The van der Waals surface area contributed by atoms with E-state index in [1.165, 1.54) is 16.7 Å². The van der Waals surface area contributed by atoms with E-state index in [0.717, 1.165) is 27.3 Å². The Morgan fingerprint density at radius 1 is 1.04 bits per heavy atom. The zero-order valence-electron chi connectivity index (χ0n) is 15.1. The van der Waals surface area contributed by atoms with Crippen LogP contribution in [0.15, 0.2) is 66.9 Å². The molecule has 0 aliphatic carbocycles. The molecule has 5 heteroatoms. The van der Waals surface area contributed by atoms with Crippen molar-refractivity contribution in [1.82, 2.24) is 15.3 Å². The monoisotopic (exact) mass is 373 g/mol. The van der Waals surface area contributed by atoms with Gasteiger partial charge in [0.2, 0.25) is 0 Å². The Labute approximate surface area is 161 Å². The number of carbonyl (C=O) groups excluding carboxylic acids is 1. The number of amides is 1. The SMILES string of the molecule is Cc1nc(-c2ccccn2)sc1C(=O)NC(C)c1cccc2ccccc12. The van der Waals surface area contributed by atoms with Crippen molar-refractivity contribution in [2.75, 3.05) is 0 Å². The summed E-state index contributed by atoms with van der Waals surface area (Å²) in [6, 6.07) is 20.0. The number of carbonyl (C=O) groups is 1. The summed E-state index contributed by atoms with van der Waals surface area (Å²) in [7, 11) is 0. The van der Waals surface area contributed by atoms with Gasteiger partial charge >= 0.3 is 0 Å². The lowest BCUT2D eigenvalue weighted by Crippen LogP contribution is -2.26. The van der Waals surface area contributed by atoms with Gasteiger partial charge in [-0.1, -0.05) is 48.5 Å². The molecular weight excluding hydrogens is 354 g/mol. The summed E-state index contributed by atoms with van der Waals surface area (Å²) < 4.78 is 0. The summed E-state index contributed by atoms with van der Waals surface area (Å²) in [5.74, 6) is -0.104. The van der Waals surface area contributed by atoms with E-state index < -0.39 is 0 Å². The molecule has 0 saturated carbocycles. The van der Waals surface area contributed by atoms with Crippen LogP contribution in [-0.4, -0.2) is 15.9 Å². The van der Waals surface area contributed by atoms with Gasteiger partial charge in [-0.05, 0) is 42.3 Å². The van der Waals surface area contributed by atoms with Gasteiger partial charge in [0.1, 0.15) is 9.88 Å². The normalized spacial score (nSPS) is 12.1. The van der Waals surface area contributed by atoms with Crippen LogP contribution in [0.4, 0.5) is 0 Å².